The number of hydrogen-bond acceptors (Lipinski definition) is 16. The van der Waals surface area contributed by atoms with E-state index in [0.717, 1.165) is 50.1 Å². The largest absolute Gasteiger partial charge is 0.374 e. The van der Waals surface area contributed by atoms with Crippen LogP contribution < -0.4 is 0 Å². The Morgan fingerprint density at radius 2 is 0.733 bits per heavy atom. The third-order valence-electron chi connectivity index (χ3n) is 16.5. The maximum atomic E-state index is 7.60. The molecule has 6 heterocycles. The molecule has 4 fully saturated rings. The van der Waals surface area contributed by atoms with E-state index in [1.165, 1.54) is 0 Å². The Morgan fingerprint density at radius 1 is 0.337 bits per heavy atom. The topological polar surface area (TPSA) is 148 Å². The molecule has 16 nitrogen and oxygen atoms in total. The average molecular weight is 1170 g/mol. The van der Waals surface area contributed by atoms with Crippen LogP contribution in [0.4, 0.5) is 0 Å². The summed E-state index contributed by atoms with van der Waals surface area (Å²) >= 11 is 0. The van der Waals surface area contributed by atoms with Crippen LogP contribution in [-0.4, -0.2) is 119 Å². The standard InChI is InChI=1S/C70H74O16/c1-71-68-64(77-38-47-21-9-3-10-22-47)61(74-37-46-19-7-2-8-20-46)58-55(81-68)43-72-35-50-27-17-29-52(33-50)41-75-62-59-56(82-69(85-58)65(62)78-39-48-23-11-4-12-24-48)44-73-36-51-28-18-30-53(34-51)42-76-63-60-57(45-80-67(84-60)54-31-15-6-16-32-54)83-70(86-59)66(63)79-40-49-25-13-5-14-26-49/h2-34,55-70H,35-45H2,1H3/t55-,56-,57+,58+,59-,60+,61-,62+,63-,64-,65+,66+,67-,68-,69-,70+/m0/s1. The number of ether oxygens (including phenoxy) is 16. The van der Waals surface area contributed by atoms with Crippen LogP contribution in [0.25, 0.3) is 0 Å². The lowest BCUT2D eigenvalue weighted by Gasteiger charge is -2.52. The van der Waals surface area contributed by atoms with Gasteiger partial charge in [-0.2, -0.15) is 0 Å². The molecule has 0 saturated carbocycles. The first kappa shape index (κ1) is 58.9. The zero-order valence-electron chi connectivity index (χ0n) is 48.1. The van der Waals surface area contributed by atoms with Gasteiger partial charge in [-0.05, 0) is 44.5 Å². The van der Waals surface area contributed by atoms with Crippen LogP contribution in [0, 0.1) is 0 Å². The molecule has 86 heavy (non-hydrogen) atoms. The molecule has 13 rings (SSSR count). The van der Waals surface area contributed by atoms with Crippen LogP contribution in [0.2, 0.25) is 0 Å². The highest BCUT2D eigenvalue weighted by atomic mass is 16.8. The summed E-state index contributed by atoms with van der Waals surface area (Å²) in [5.74, 6) is 0. The second kappa shape index (κ2) is 28.8. The molecule has 450 valence electrons. The van der Waals surface area contributed by atoms with Gasteiger partial charge >= 0.3 is 0 Å². The minimum atomic E-state index is -1.19. The van der Waals surface area contributed by atoms with Crippen molar-refractivity contribution < 1.29 is 75.8 Å². The van der Waals surface area contributed by atoms with Crippen molar-refractivity contribution in [2.45, 2.75) is 151 Å². The number of rotatable bonds is 14. The van der Waals surface area contributed by atoms with Gasteiger partial charge in [0.05, 0.1) is 72.7 Å². The molecule has 7 aromatic carbocycles. The Balaban J connectivity index is 0.921. The predicted molar refractivity (Wildman–Crippen MR) is 312 cm³/mol. The highest BCUT2D eigenvalue weighted by molar-refractivity contribution is 5.25. The fourth-order valence-corrected chi connectivity index (χ4v) is 12.2. The van der Waals surface area contributed by atoms with E-state index >= 15 is 0 Å². The fraction of sp³-hybridized carbons (Fsp3) is 0.400. The normalized spacial score (nSPS) is 31.4. The van der Waals surface area contributed by atoms with Gasteiger partial charge in [0.25, 0.3) is 0 Å². The van der Waals surface area contributed by atoms with E-state index < -0.39 is 98.4 Å². The van der Waals surface area contributed by atoms with Gasteiger partial charge in [-0.3, -0.25) is 0 Å². The first-order chi connectivity index (χ1) is 42.5. The lowest BCUT2D eigenvalue weighted by Crippen LogP contribution is -2.68. The van der Waals surface area contributed by atoms with Crippen molar-refractivity contribution in [1.29, 1.82) is 0 Å². The zero-order chi connectivity index (χ0) is 57.9. The summed E-state index contributed by atoms with van der Waals surface area (Å²) in [6.07, 6.45) is -13.9. The highest BCUT2D eigenvalue weighted by Crippen LogP contribution is 2.42. The van der Waals surface area contributed by atoms with Crippen molar-refractivity contribution in [2.75, 3.05) is 26.9 Å². The van der Waals surface area contributed by atoms with Gasteiger partial charge in [0.15, 0.2) is 25.2 Å². The summed E-state index contributed by atoms with van der Waals surface area (Å²) in [5.41, 5.74) is 8.39. The summed E-state index contributed by atoms with van der Waals surface area (Å²) in [6, 6.07) is 66.2. The van der Waals surface area contributed by atoms with Gasteiger partial charge < -0.3 is 75.8 Å². The van der Waals surface area contributed by atoms with E-state index in [4.69, 9.17) is 75.8 Å². The number of fused-ring (bicyclic) bond motifs is 13. The summed E-state index contributed by atoms with van der Waals surface area (Å²) in [6.45, 7) is 2.05. The Bertz CT molecular complexity index is 3170. The maximum absolute atomic E-state index is 7.60. The first-order valence-electron chi connectivity index (χ1n) is 29.8. The van der Waals surface area contributed by atoms with E-state index in [1.54, 1.807) is 7.11 Å². The third-order valence-corrected chi connectivity index (χ3v) is 16.5. The zero-order valence-corrected chi connectivity index (χ0v) is 48.1. The number of hydrogen-bond donors (Lipinski definition) is 0. The summed E-state index contributed by atoms with van der Waals surface area (Å²) in [5, 5.41) is 0. The van der Waals surface area contributed by atoms with Crippen LogP contribution in [0.3, 0.4) is 0 Å². The van der Waals surface area contributed by atoms with Crippen molar-refractivity contribution in [3.63, 3.8) is 0 Å². The predicted octanol–water partition coefficient (Wildman–Crippen LogP) is 10.3. The molecule has 6 aliphatic rings. The molecule has 8 bridgehead atoms. The van der Waals surface area contributed by atoms with E-state index in [0.29, 0.717) is 0 Å². The van der Waals surface area contributed by atoms with Gasteiger partial charge in [0, 0.05) is 12.7 Å². The Morgan fingerprint density at radius 3 is 1.21 bits per heavy atom. The van der Waals surface area contributed by atoms with Crippen molar-refractivity contribution in [3.8, 4) is 0 Å². The molecule has 16 heteroatoms. The van der Waals surface area contributed by atoms with Gasteiger partial charge in [-0.15, -0.1) is 0 Å². The van der Waals surface area contributed by atoms with Crippen LogP contribution in [0.5, 0.6) is 0 Å². The van der Waals surface area contributed by atoms with Crippen LogP contribution in [0.1, 0.15) is 56.4 Å². The summed E-state index contributed by atoms with van der Waals surface area (Å²) in [4.78, 5) is 0. The molecule has 6 aliphatic heterocycles. The Kier molecular flexibility index (Phi) is 19.7. The Hall–Kier alpha value is -6.10. The fourth-order valence-electron chi connectivity index (χ4n) is 12.2. The SMILES string of the molecule is CO[C@H]1O[C@H]2COCc3cccc(c3)CO[C@@H]3[C@H]4O[C@H]5O[C@@H]6CO[C@H](c7ccccc7)O[C@H]6[C@H](OCc6cccc(c6)COC[C@@H]4O[C@@H](O[C@H]2[C@H](OCc2ccccc2)[C@@H]1OCc1ccccc1)[C@@H]3OCc1ccccc1)[C@H]5OCc1ccccc1. The molecular formula is C70H74O16. The van der Waals surface area contributed by atoms with Crippen molar-refractivity contribution >= 4 is 0 Å². The average Bonchev–Trinajstić information content (AvgIpc) is 1.50. The van der Waals surface area contributed by atoms with Crippen LogP contribution in [0.15, 0.2) is 200 Å². The highest BCUT2D eigenvalue weighted by Gasteiger charge is 2.58. The lowest BCUT2D eigenvalue weighted by molar-refractivity contribution is -0.405. The van der Waals surface area contributed by atoms with E-state index in [2.05, 4.69) is 12.1 Å². The van der Waals surface area contributed by atoms with Crippen molar-refractivity contribution in [1.82, 2.24) is 0 Å². The quantitative estimate of drug-likeness (QED) is 0.102. The number of methoxy groups -OCH3 is 1. The second-order valence-electron chi connectivity index (χ2n) is 22.5. The minimum Gasteiger partial charge on any atom is -0.374 e. The van der Waals surface area contributed by atoms with E-state index in [9.17, 15) is 0 Å². The smallest absolute Gasteiger partial charge is 0.187 e. The summed E-state index contributed by atoms with van der Waals surface area (Å²) < 4.78 is 113. The molecule has 0 spiro atoms. The van der Waals surface area contributed by atoms with Crippen molar-refractivity contribution in [2.24, 2.45) is 0 Å². The molecular weight excluding hydrogens is 1100 g/mol. The summed E-state index contributed by atoms with van der Waals surface area (Å²) in [7, 11) is 1.61. The first-order valence-corrected chi connectivity index (χ1v) is 29.8. The monoisotopic (exact) mass is 1170 g/mol. The molecule has 16 atom stereocenters. The maximum Gasteiger partial charge on any atom is 0.187 e. The molecule has 0 N–H and O–H groups in total. The van der Waals surface area contributed by atoms with Gasteiger partial charge in [0.1, 0.15) is 73.2 Å². The lowest BCUT2D eigenvalue weighted by atomic mass is 9.94. The van der Waals surface area contributed by atoms with Gasteiger partial charge in [-0.25, -0.2) is 0 Å². The molecule has 4 saturated heterocycles. The van der Waals surface area contributed by atoms with Crippen molar-refractivity contribution in [3.05, 3.63) is 250 Å². The minimum absolute atomic E-state index is 0.0327. The Labute approximate surface area is 502 Å². The molecule has 0 unspecified atom stereocenters. The van der Waals surface area contributed by atoms with Gasteiger partial charge in [0.2, 0.25) is 0 Å². The van der Waals surface area contributed by atoms with E-state index in [1.807, 2.05) is 188 Å². The molecule has 0 amide bonds. The molecule has 0 radical (unpaired) electrons. The van der Waals surface area contributed by atoms with Crippen LogP contribution >= 0.6 is 0 Å². The molecule has 0 aliphatic carbocycles. The van der Waals surface area contributed by atoms with Crippen LogP contribution in [-0.2, 0) is 129 Å². The van der Waals surface area contributed by atoms with Gasteiger partial charge in [-0.1, -0.05) is 200 Å². The molecule has 0 aromatic heterocycles. The van der Waals surface area contributed by atoms with E-state index in [-0.39, 0.29) is 72.7 Å². The molecule has 7 aromatic rings. The number of benzene rings is 7. The third kappa shape index (κ3) is 14.4. The second-order valence-corrected chi connectivity index (χ2v) is 22.5.